The number of rotatable bonds is 2. The molecule has 2 rings (SSSR count). The molecule has 76 valence electrons. The molecule has 1 amide bonds. The number of aromatic nitrogens is 3. The SMILES string of the molecule is O=C(Nc1cnc(Br)cn1)c1ccno1. The summed E-state index contributed by atoms with van der Waals surface area (Å²) < 4.78 is 5.27. The van der Waals surface area contributed by atoms with E-state index >= 15 is 0 Å². The van der Waals surface area contributed by atoms with Gasteiger partial charge < -0.3 is 9.84 Å². The van der Waals surface area contributed by atoms with Crippen LogP contribution in [0.5, 0.6) is 0 Å². The topological polar surface area (TPSA) is 80.9 Å². The fourth-order valence-electron chi connectivity index (χ4n) is 0.888. The molecule has 2 heterocycles. The van der Waals surface area contributed by atoms with Crippen molar-refractivity contribution in [3.63, 3.8) is 0 Å². The molecule has 0 unspecified atom stereocenters. The quantitative estimate of drug-likeness (QED) is 0.892. The third-order valence-corrected chi connectivity index (χ3v) is 1.93. The summed E-state index contributed by atoms with van der Waals surface area (Å²) in [6.07, 6.45) is 4.30. The lowest BCUT2D eigenvalue weighted by molar-refractivity contribution is 0.0987. The number of nitrogens with zero attached hydrogens (tertiary/aromatic N) is 3. The molecule has 0 saturated heterocycles. The zero-order valence-electron chi connectivity index (χ0n) is 7.35. The van der Waals surface area contributed by atoms with Gasteiger partial charge in [0.05, 0.1) is 18.6 Å². The first-order valence-corrected chi connectivity index (χ1v) is 4.74. The highest BCUT2D eigenvalue weighted by Gasteiger charge is 2.10. The number of carbonyl (C=O) groups is 1. The third-order valence-electron chi connectivity index (χ3n) is 1.52. The molecular formula is C8H5BrN4O2. The van der Waals surface area contributed by atoms with E-state index in [-0.39, 0.29) is 5.76 Å². The van der Waals surface area contributed by atoms with Gasteiger partial charge >= 0.3 is 0 Å². The van der Waals surface area contributed by atoms with E-state index < -0.39 is 5.91 Å². The van der Waals surface area contributed by atoms with Gasteiger partial charge in [0.25, 0.3) is 5.91 Å². The van der Waals surface area contributed by atoms with Crippen LogP contribution in [0.2, 0.25) is 0 Å². The lowest BCUT2D eigenvalue weighted by Crippen LogP contribution is -2.12. The maximum absolute atomic E-state index is 11.4. The number of nitrogens with one attached hydrogen (secondary N) is 1. The Bertz CT molecular complexity index is 454. The number of carbonyl (C=O) groups excluding carboxylic acids is 1. The van der Waals surface area contributed by atoms with Crippen molar-refractivity contribution in [3.05, 3.63) is 35.0 Å². The molecular weight excluding hydrogens is 264 g/mol. The number of hydrogen-bond donors (Lipinski definition) is 1. The zero-order chi connectivity index (χ0) is 10.7. The van der Waals surface area contributed by atoms with Crippen molar-refractivity contribution in [1.29, 1.82) is 0 Å². The Kier molecular flexibility index (Phi) is 2.72. The Morgan fingerprint density at radius 2 is 2.27 bits per heavy atom. The minimum Gasteiger partial charge on any atom is -0.351 e. The zero-order valence-corrected chi connectivity index (χ0v) is 8.93. The van der Waals surface area contributed by atoms with Gasteiger partial charge in [-0.25, -0.2) is 9.97 Å². The molecule has 0 aromatic carbocycles. The third kappa shape index (κ3) is 2.38. The molecule has 0 spiro atoms. The van der Waals surface area contributed by atoms with Crippen LogP contribution in [0.15, 0.2) is 33.8 Å². The predicted molar refractivity (Wildman–Crippen MR) is 54.2 cm³/mol. The average molecular weight is 269 g/mol. The van der Waals surface area contributed by atoms with E-state index in [1.165, 1.54) is 24.7 Å². The van der Waals surface area contributed by atoms with Crippen LogP contribution in [0.25, 0.3) is 0 Å². The van der Waals surface area contributed by atoms with E-state index in [2.05, 4.69) is 40.9 Å². The summed E-state index contributed by atoms with van der Waals surface area (Å²) in [5.41, 5.74) is 0. The minimum absolute atomic E-state index is 0.125. The Balaban J connectivity index is 2.09. The van der Waals surface area contributed by atoms with Gasteiger partial charge in [-0.05, 0) is 15.9 Å². The van der Waals surface area contributed by atoms with Gasteiger partial charge in [0.2, 0.25) is 5.76 Å². The molecule has 0 aliphatic heterocycles. The van der Waals surface area contributed by atoms with E-state index in [1.807, 2.05) is 0 Å². The molecule has 7 heteroatoms. The maximum atomic E-state index is 11.4. The van der Waals surface area contributed by atoms with Crippen molar-refractivity contribution in [3.8, 4) is 0 Å². The van der Waals surface area contributed by atoms with Gasteiger partial charge in [-0.15, -0.1) is 0 Å². The van der Waals surface area contributed by atoms with Crippen molar-refractivity contribution < 1.29 is 9.32 Å². The van der Waals surface area contributed by atoms with Gasteiger partial charge in [0.15, 0.2) is 5.82 Å². The van der Waals surface area contributed by atoms with Crippen molar-refractivity contribution in [2.24, 2.45) is 0 Å². The summed E-state index contributed by atoms with van der Waals surface area (Å²) in [5.74, 6) is 0.0587. The first-order valence-electron chi connectivity index (χ1n) is 3.95. The molecule has 2 aromatic heterocycles. The number of amides is 1. The fourth-order valence-corrected chi connectivity index (χ4v) is 1.09. The Hall–Kier alpha value is -1.76. The summed E-state index contributed by atoms with van der Waals surface area (Å²) >= 11 is 3.14. The smallest absolute Gasteiger partial charge is 0.295 e. The van der Waals surface area contributed by atoms with Crippen LogP contribution >= 0.6 is 15.9 Å². The molecule has 0 bridgehead atoms. The van der Waals surface area contributed by atoms with Crippen LogP contribution < -0.4 is 5.32 Å². The molecule has 0 aliphatic rings. The molecule has 0 atom stereocenters. The van der Waals surface area contributed by atoms with Crippen molar-refractivity contribution in [2.75, 3.05) is 5.32 Å². The average Bonchev–Trinajstić information content (AvgIpc) is 2.74. The normalized spacial score (nSPS) is 9.93. The summed E-state index contributed by atoms with van der Waals surface area (Å²) in [7, 11) is 0. The fraction of sp³-hybridized carbons (Fsp3) is 0. The van der Waals surface area contributed by atoms with Crippen LogP contribution in [0.1, 0.15) is 10.6 Å². The summed E-state index contributed by atoms with van der Waals surface area (Å²) in [5, 5.41) is 5.92. The Morgan fingerprint density at radius 1 is 1.40 bits per heavy atom. The van der Waals surface area contributed by atoms with Crippen LogP contribution in [0.4, 0.5) is 5.82 Å². The first-order chi connectivity index (χ1) is 7.25. The molecule has 0 aliphatic carbocycles. The highest BCUT2D eigenvalue weighted by atomic mass is 79.9. The van der Waals surface area contributed by atoms with Crippen LogP contribution in [0.3, 0.4) is 0 Å². The molecule has 2 aromatic rings. The largest absolute Gasteiger partial charge is 0.351 e. The lowest BCUT2D eigenvalue weighted by Gasteiger charge is -1.99. The van der Waals surface area contributed by atoms with Crippen LogP contribution in [-0.2, 0) is 0 Å². The Morgan fingerprint density at radius 3 is 2.87 bits per heavy atom. The van der Waals surface area contributed by atoms with Gasteiger partial charge in [-0.1, -0.05) is 5.16 Å². The predicted octanol–water partition coefficient (Wildman–Crippen LogP) is 1.48. The molecule has 1 N–H and O–H groups in total. The first kappa shape index (κ1) is 9.78. The lowest BCUT2D eigenvalue weighted by atomic mass is 10.4. The standard InChI is InChI=1S/C8H5BrN4O2/c9-6-3-11-7(4-10-6)13-8(14)5-1-2-12-15-5/h1-4H,(H,11,13,14). The number of hydrogen-bond acceptors (Lipinski definition) is 5. The van der Waals surface area contributed by atoms with E-state index in [9.17, 15) is 4.79 Å². The van der Waals surface area contributed by atoms with Gasteiger partial charge in [-0.3, -0.25) is 4.79 Å². The van der Waals surface area contributed by atoms with Crippen molar-refractivity contribution in [1.82, 2.24) is 15.1 Å². The highest BCUT2D eigenvalue weighted by Crippen LogP contribution is 2.07. The molecule has 0 fully saturated rings. The minimum atomic E-state index is -0.413. The monoisotopic (exact) mass is 268 g/mol. The van der Waals surface area contributed by atoms with Gasteiger partial charge in [-0.2, -0.15) is 0 Å². The molecule has 6 nitrogen and oxygen atoms in total. The van der Waals surface area contributed by atoms with E-state index in [0.717, 1.165) is 0 Å². The second-order valence-electron chi connectivity index (χ2n) is 2.56. The van der Waals surface area contributed by atoms with Gasteiger partial charge in [0, 0.05) is 6.07 Å². The second-order valence-corrected chi connectivity index (χ2v) is 3.37. The van der Waals surface area contributed by atoms with Crippen molar-refractivity contribution in [2.45, 2.75) is 0 Å². The molecule has 0 radical (unpaired) electrons. The maximum Gasteiger partial charge on any atom is 0.295 e. The summed E-state index contributed by atoms with van der Waals surface area (Å²) in [4.78, 5) is 19.3. The van der Waals surface area contributed by atoms with E-state index in [0.29, 0.717) is 10.4 Å². The molecule has 0 saturated carbocycles. The van der Waals surface area contributed by atoms with Crippen LogP contribution in [0, 0.1) is 0 Å². The van der Waals surface area contributed by atoms with Gasteiger partial charge in [0.1, 0.15) is 4.60 Å². The summed E-state index contributed by atoms with van der Waals surface area (Å²) in [6.45, 7) is 0. The molecule has 15 heavy (non-hydrogen) atoms. The Labute approximate surface area is 92.8 Å². The second kappa shape index (κ2) is 4.18. The van der Waals surface area contributed by atoms with E-state index in [4.69, 9.17) is 0 Å². The highest BCUT2D eigenvalue weighted by molar-refractivity contribution is 9.10. The van der Waals surface area contributed by atoms with Crippen molar-refractivity contribution >= 4 is 27.7 Å². The van der Waals surface area contributed by atoms with Crippen LogP contribution in [-0.4, -0.2) is 21.0 Å². The van der Waals surface area contributed by atoms with E-state index in [1.54, 1.807) is 0 Å². The summed E-state index contributed by atoms with van der Waals surface area (Å²) in [6, 6.07) is 1.46. The number of anilines is 1. The number of halogens is 1.